The molecular formula is C11H17BrN2O2. The number of carbonyl (C=O) groups excluding carboxylic acids is 1. The van der Waals surface area contributed by atoms with E-state index in [1.54, 1.807) is 11.7 Å². The highest BCUT2D eigenvalue weighted by Crippen LogP contribution is 2.21. The molecule has 5 heteroatoms. The molecule has 90 valence electrons. The van der Waals surface area contributed by atoms with Gasteiger partial charge in [0.15, 0.2) is 5.78 Å². The first kappa shape index (κ1) is 13.4. The van der Waals surface area contributed by atoms with Crippen molar-refractivity contribution in [1.29, 1.82) is 0 Å². The number of rotatable bonds is 4. The van der Waals surface area contributed by atoms with E-state index >= 15 is 0 Å². The Morgan fingerprint density at radius 2 is 2.12 bits per heavy atom. The minimum atomic E-state index is -0.901. The lowest BCUT2D eigenvalue weighted by Gasteiger charge is -2.13. The molecule has 16 heavy (non-hydrogen) atoms. The summed E-state index contributed by atoms with van der Waals surface area (Å²) in [5.41, 5.74) is 1.66. The van der Waals surface area contributed by atoms with E-state index < -0.39 is 6.10 Å². The molecule has 1 unspecified atom stereocenters. The number of ketones is 1. The van der Waals surface area contributed by atoms with Crippen LogP contribution in [0.1, 0.15) is 25.2 Å². The zero-order valence-corrected chi connectivity index (χ0v) is 11.6. The van der Waals surface area contributed by atoms with Crippen molar-refractivity contribution in [2.45, 2.75) is 33.3 Å². The van der Waals surface area contributed by atoms with Crippen molar-refractivity contribution in [2.24, 2.45) is 13.0 Å². The molecule has 0 aromatic carbocycles. The summed E-state index contributed by atoms with van der Waals surface area (Å²) in [5.74, 6) is -0.223. The molecule has 0 aliphatic carbocycles. The lowest BCUT2D eigenvalue weighted by Crippen LogP contribution is -2.28. The van der Waals surface area contributed by atoms with Gasteiger partial charge >= 0.3 is 0 Å². The van der Waals surface area contributed by atoms with E-state index in [0.717, 1.165) is 15.9 Å². The third kappa shape index (κ3) is 2.71. The SMILES string of the molecule is Cc1nn(C)c(CC(=O)C(O)C(C)C)c1Br. The summed E-state index contributed by atoms with van der Waals surface area (Å²) in [7, 11) is 1.79. The summed E-state index contributed by atoms with van der Waals surface area (Å²) in [6, 6.07) is 0. The predicted molar refractivity (Wildman–Crippen MR) is 65.2 cm³/mol. The normalized spacial score (nSPS) is 13.2. The molecule has 0 saturated heterocycles. The number of aliphatic hydroxyl groups is 1. The van der Waals surface area contributed by atoms with Crippen molar-refractivity contribution < 1.29 is 9.90 Å². The van der Waals surface area contributed by atoms with E-state index in [4.69, 9.17) is 0 Å². The van der Waals surface area contributed by atoms with Crippen molar-refractivity contribution in [1.82, 2.24) is 9.78 Å². The van der Waals surface area contributed by atoms with Crippen LogP contribution in [0.2, 0.25) is 0 Å². The number of carbonyl (C=O) groups is 1. The fourth-order valence-electron chi connectivity index (χ4n) is 1.51. The van der Waals surface area contributed by atoms with Gasteiger partial charge in [-0.1, -0.05) is 13.8 Å². The highest BCUT2D eigenvalue weighted by atomic mass is 79.9. The van der Waals surface area contributed by atoms with E-state index in [9.17, 15) is 9.90 Å². The van der Waals surface area contributed by atoms with E-state index in [1.165, 1.54) is 0 Å². The monoisotopic (exact) mass is 288 g/mol. The average molecular weight is 289 g/mol. The molecular weight excluding hydrogens is 272 g/mol. The van der Waals surface area contributed by atoms with Gasteiger partial charge in [0.25, 0.3) is 0 Å². The largest absolute Gasteiger partial charge is 0.385 e. The highest BCUT2D eigenvalue weighted by molar-refractivity contribution is 9.10. The fraction of sp³-hybridized carbons (Fsp3) is 0.636. The second-order valence-electron chi connectivity index (χ2n) is 4.30. The van der Waals surface area contributed by atoms with Crippen LogP contribution in [0.3, 0.4) is 0 Å². The number of hydrogen-bond acceptors (Lipinski definition) is 3. The van der Waals surface area contributed by atoms with Crippen molar-refractivity contribution in [3.8, 4) is 0 Å². The first-order chi connectivity index (χ1) is 7.34. The molecule has 1 aromatic rings. The molecule has 0 spiro atoms. The van der Waals surface area contributed by atoms with Crippen molar-refractivity contribution >= 4 is 21.7 Å². The molecule has 1 rings (SSSR count). The maximum absolute atomic E-state index is 11.8. The third-order valence-corrected chi connectivity index (χ3v) is 3.60. The first-order valence-electron chi connectivity index (χ1n) is 5.23. The molecule has 0 aliphatic rings. The van der Waals surface area contributed by atoms with Crippen LogP contribution in [0.25, 0.3) is 0 Å². The molecule has 1 aromatic heterocycles. The zero-order valence-electron chi connectivity index (χ0n) is 9.99. The molecule has 1 atom stereocenters. The van der Waals surface area contributed by atoms with E-state index in [1.807, 2.05) is 20.8 Å². The maximum Gasteiger partial charge on any atom is 0.167 e. The Balaban J connectivity index is 2.85. The number of nitrogens with zero attached hydrogens (tertiary/aromatic N) is 2. The Morgan fingerprint density at radius 1 is 1.56 bits per heavy atom. The third-order valence-electron chi connectivity index (χ3n) is 2.56. The van der Waals surface area contributed by atoms with Gasteiger partial charge in [0.1, 0.15) is 6.10 Å². The minimum absolute atomic E-state index is 0.0550. The van der Waals surface area contributed by atoms with Crippen LogP contribution in [-0.4, -0.2) is 26.8 Å². The van der Waals surface area contributed by atoms with Crippen molar-refractivity contribution in [3.05, 3.63) is 15.9 Å². The summed E-state index contributed by atoms with van der Waals surface area (Å²) in [6.45, 7) is 5.52. The summed E-state index contributed by atoms with van der Waals surface area (Å²) >= 11 is 3.40. The molecule has 0 saturated carbocycles. The molecule has 0 bridgehead atoms. The summed E-state index contributed by atoms with van der Waals surface area (Å²) < 4.78 is 2.52. The summed E-state index contributed by atoms with van der Waals surface area (Å²) in [4.78, 5) is 11.8. The number of aryl methyl sites for hydroxylation is 2. The molecule has 1 heterocycles. The second kappa shape index (κ2) is 5.10. The van der Waals surface area contributed by atoms with Gasteiger partial charge in [-0.15, -0.1) is 0 Å². The quantitative estimate of drug-likeness (QED) is 0.916. The van der Waals surface area contributed by atoms with Gasteiger partial charge in [0.05, 0.1) is 22.3 Å². The molecule has 1 N–H and O–H groups in total. The number of aliphatic hydroxyl groups excluding tert-OH is 1. The van der Waals surface area contributed by atoms with Gasteiger partial charge in [-0.05, 0) is 28.8 Å². The first-order valence-corrected chi connectivity index (χ1v) is 6.02. The molecule has 4 nitrogen and oxygen atoms in total. The lowest BCUT2D eigenvalue weighted by atomic mass is 10.00. The Hall–Kier alpha value is -0.680. The van der Waals surface area contributed by atoms with Gasteiger partial charge in [0.2, 0.25) is 0 Å². The van der Waals surface area contributed by atoms with Crippen LogP contribution < -0.4 is 0 Å². The minimum Gasteiger partial charge on any atom is -0.385 e. The van der Waals surface area contributed by atoms with Gasteiger partial charge in [-0.2, -0.15) is 5.10 Å². The van der Waals surface area contributed by atoms with Crippen LogP contribution in [0.5, 0.6) is 0 Å². The number of Topliss-reactive ketones (excluding diaryl/α,β-unsaturated/α-hetero) is 1. The van der Waals surface area contributed by atoms with Crippen LogP contribution in [0, 0.1) is 12.8 Å². The smallest absolute Gasteiger partial charge is 0.167 e. The number of hydrogen-bond donors (Lipinski definition) is 1. The number of halogens is 1. The predicted octanol–water partition coefficient (Wildman–Crippen LogP) is 1.62. The fourth-order valence-corrected chi connectivity index (χ4v) is 1.99. The van der Waals surface area contributed by atoms with Gasteiger partial charge in [0, 0.05) is 7.05 Å². The number of aromatic nitrogens is 2. The Morgan fingerprint density at radius 3 is 2.50 bits per heavy atom. The average Bonchev–Trinajstić information content (AvgIpc) is 2.43. The molecule has 0 fully saturated rings. The van der Waals surface area contributed by atoms with Gasteiger partial charge < -0.3 is 5.11 Å². The van der Waals surface area contributed by atoms with E-state index in [0.29, 0.717) is 0 Å². The standard InChI is InChI=1S/C11H17BrN2O2/c1-6(2)11(16)9(15)5-8-10(12)7(3)13-14(8)4/h6,11,16H,5H2,1-4H3. The summed E-state index contributed by atoms with van der Waals surface area (Å²) in [5, 5.41) is 13.9. The van der Waals surface area contributed by atoms with Gasteiger partial charge in [-0.3, -0.25) is 9.48 Å². The molecule has 0 amide bonds. The lowest BCUT2D eigenvalue weighted by molar-refractivity contribution is -0.128. The van der Waals surface area contributed by atoms with Crippen LogP contribution >= 0.6 is 15.9 Å². The topological polar surface area (TPSA) is 55.1 Å². The zero-order chi connectivity index (χ0) is 12.5. The van der Waals surface area contributed by atoms with E-state index in [2.05, 4.69) is 21.0 Å². The van der Waals surface area contributed by atoms with Crippen molar-refractivity contribution in [3.63, 3.8) is 0 Å². The van der Waals surface area contributed by atoms with Crippen LogP contribution in [-0.2, 0) is 18.3 Å². The maximum atomic E-state index is 11.8. The van der Waals surface area contributed by atoms with Crippen molar-refractivity contribution in [2.75, 3.05) is 0 Å². The Kier molecular flexibility index (Phi) is 4.27. The van der Waals surface area contributed by atoms with Crippen LogP contribution in [0.4, 0.5) is 0 Å². The highest BCUT2D eigenvalue weighted by Gasteiger charge is 2.22. The van der Waals surface area contributed by atoms with Gasteiger partial charge in [-0.25, -0.2) is 0 Å². The van der Waals surface area contributed by atoms with Crippen LogP contribution in [0.15, 0.2) is 4.47 Å². The molecule has 0 radical (unpaired) electrons. The van der Waals surface area contributed by atoms with E-state index in [-0.39, 0.29) is 18.1 Å². The second-order valence-corrected chi connectivity index (χ2v) is 5.09. The Bertz CT molecular complexity index is 399. The summed E-state index contributed by atoms with van der Waals surface area (Å²) in [6.07, 6.45) is -0.695. The Labute approximate surface area is 104 Å². The molecule has 0 aliphatic heterocycles.